The summed E-state index contributed by atoms with van der Waals surface area (Å²) in [6.45, 7) is -0.294. The highest BCUT2D eigenvalue weighted by Crippen LogP contribution is 2.48. The number of amides is 7. The van der Waals surface area contributed by atoms with Crippen molar-refractivity contribution in [1.29, 1.82) is 0 Å². The largest absolute Gasteiger partial charge is 0.480 e. The average Bonchev–Trinajstić information content (AvgIpc) is 1.64. The molecule has 0 heterocycles. The van der Waals surface area contributed by atoms with Crippen molar-refractivity contribution in [3.63, 3.8) is 0 Å². The summed E-state index contributed by atoms with van der Waals surface area (Å²) in [5, 5.41) is 28.5. The first-order valence-corrected chi connectivity index (χ1v) is 34.0. The lowest BCUT2D eigenvalue weighted by molar-refractivity contribution is -0.135. The van der Waals surface area contributed by atoms with Gasteiger partial charge in [-0.05, 0) is 146 Å². The van der Waals surface area contributed by atoms with Crippen molar-refractivity contribution in [1.82, 2.24) is 26.6 Å². The standard InChI is InChI=1S/C81H75N7O13/c89-74(90)44-84-75(91)49-41-50(85-76(92)72(87-80(96)100-47-70-64-33-13-5-25-56(64)57-26-6-14-34-65(57)70)37-17-19-39-82-78(94)98-45-68-60-29-9-1-21-52(60)53-22-2-10-30-61(53)68)43-51(42-49)86-77(93)73(88-81(97)101-48-71-66-35-15-7-27-58(66)59-28-8-16-36-67(59)71)38-18-20-40-83-79(95)99-46-69-62-31-11-3-23-54(62)55-24-4-12-32-63(55)69/h1-16,21-36,41-43,68-73H,17-20,37-40,44-48H2,(H,82,94)(H,83,95)(H,84,91)(H,85,92)(H,86,93)(H,87,96)(H,88,97)(H,89,90)/t72-,73-/m0/s1. The van der Waals surface area contributed by atoms with Gasteiger partial charge in [0.2, 0.25) is 11.8 Å². The molecule has 0 spiro atoms. The van der Waals surface area contributed by atoms with Gasteiger partial charge in [0.25, 0.3) is 5.91 Å². The van der Waals surface area contributed by atoms with E-state index >= 15 is 0 Å². The zero-order valence-electron chi connectivity index (χ0n) is 55.2. The first kappa shape index (κ1) is 67.5. The Bertz CT molecular complexity index is 4180. The number of hydrogen-bond acceptors (Lipinski definition) is 12. The Labute approximate surface area is 583 Å². The van der Waals surface area contributed by atoms with Gasteiger partial charge in [-0.3, -0.25) is 19.2 Å². The van der Waals surface area contributed by atoms with Crippen molar-refractivity contribution in [3.05, 3.63) is 262 Å². The number of carboxylic acid groups (broad SMARTS) is 1. The predicted octanol–water partition coefficient (Wildman–Crippen LogP) is 13.6. The smallest absolute Gasteiger partial charge is 0.407 e. The minimum atomic E-state index is -1.33. The van der Waals surface area contributed by atoms with E-state index in [1.165, 1.54) is 18.2 Å². The fraction of sp³-hybridized carbons (Fsp3) is 0.235. The Hall–Kier alpha value is -12.1. The fourth-order valence-corrected chi connectivity index (χ4v) is 14.3. The van der Waals surface area contributed by atoms with Crippen LogP contribution in [0.4, 0.5) is 30.6 Å². The first-order valence-electron chi connectivity index (χ1n) is 34.0. The molecule has 7 amide bonds. The molecule has 8 N–H and O–H groups in total. The van der Waals surface area contributed by atoms with E-state index in [2.05, 4.69) is 61.5 Å². The van der Waals surface area contributed by atoms with Gasteiger partial charge in [-0.15, -0.1) is 0 Å². The number of ether oxygens (including phenoxy) is 4. The molecule has 0 aliphatic heterocycles. The molecule has 0 saturated carbocycles. The molecule has 0 radical (unpaired) electrons. The maximum atomic E-state index is 14.7. The third kappa shape index (κ3) is 15.5. The zero-order valence-corrected chi connectivity index (χ0v) is 55.2. The van der Waals surface area contributed by atoms with E-state index in [-0.39, 0.29) is 93.0 Å². The lowest BCUT2D eigenvalue weighted by Crippen LogP contribution is -2.44. The highest BCUT2D eigenvalue weighted by molar-refractivity contribution is 6.03. The quantitative estimate of drug-likeness (QED) is 0.0176. The van der Waals surface area contributed by atoms with Gasteiger partial charge < -0.3 is 61.3 Å². The van der Waals surface area contributed by atoms with Gasteiger partial charge in [0.05, 0.1) is 0 Å². The van der Waals surface area contributed by atoms with E-state index in [9.17, 15) is 43.5 Å². The van der Waals surface area contributed by atoms with Crippen LogP contribution in [0.15, 0.2) is 212 Å². The number of benzene rings is 9. The molecule has 101 heavy (non-hydrogen) atoms. The van der Waals surface area contributed by atoms with E-state index < -0.39 is 66.7 Å². The van der Waals surface area contributed by atoms with Gasteiger partial charge in [-0.25, -0.2) is 19.2 Å². The molecule has 9 aromatic carbocycles. The number of hydrogen-bond donors (Lipinski definition) is 8. The predicted molar refractivity (Wildman–Crippen MR) is 382 cm³/mol. The second kappa shape index (κ2) is 31.2. The van der Waals surface area contributed by atoms with E-state index in [4.69, 9.17) is 18.9 Å². The molecular formula is C81H75N7O13. The summed E-state index contributed by atoms with van der Waals surface area (Å²) in [5.74, 6) is -4.56. The SMILES string of the molecule is O=C(O)CNC(=O)c1cc(NC(=O)[C@H](CCCCNC(=O)OCC2c3ccccc3-c3ccccc32)NC(=O)OCC2c3ccccc3-c3ccccc32)cc(NC(=O)[C@H](CCCCNC(=O)OCC2c3ccccc3-c3ccccc32)NC(=O)OCC2c3ccccc3-c3ccccc32)c1. The van der Waals surface area contributed by atoms with Gasteiger partial charge >= 0.3 is 30.3 Å². The molecule has 0 bridgehead atoms. The maximum Gasteiger partial charge on any atom is 0.407 e. The zero-order chi connectivity index (χ0) is 69.8. The first-order chi connectivity index (χ1) is 49.3. The van der Waals surface area contributed by atoms with Crippen LogP contribution in [-0.4, -0.2) is 111 Å². The molecule has 0 saturated heterocycles. The van der Waals surface area contributed by atoms with E-state index in [1.807, 2.05) is 170 Å². The third-order valence-corrected chi connectivity index (χ3v) is 19.1. The number of anilines is 2. The number of carbonyl (C=O) groups is 8. The van der Waals surface area contributed by atoms with Crippen LogP contribution in [0.1, 0.15) is 117 Å². The highest BCUT2D eigenvalue weighted by atomic mass is 16.6. The normalized spacial score (nSPS) is 13.4. The molecule has 4 aliphatic carbocycles. The summed E-state index contributed by atoms with van der Waals surface area (Å²) < 4.78 is 23.3. The van der Waals surface area contributed by atoms with Crippen molar-refractivity contribution in [3.8, 4) is 44.5 Å². The summed E-state index contributed by atoms with van der Waals surface area (Å²) >= 11 is 0. The van der Waals surface area contributed by atoms with Crippen LogP contribution < -0.4 is 37.2 Å². The van der Waals surface area contributed by atoms with Crippen molar-refractivity contribution >= 4 is 59.4 Å². The molecular weight excluding hydrogens is 1280 g/mol. The Morgan fingerprint density at radius 3 is 0.881 bits per heavy atom. The van der Waals surface area contributed by atoms with Gasteiger partial charge in [0.1, 0.15) is 45.1 Å². The van der Waals surface area contributed by atoms with Crippen LogP contribution >= 0.6 is 0 Å². The lowest BCUT2D eigenvalue weighted by Gasteiger charge is -2.21. The Morgan fingerprint density at radius 1 is 0.337 bits per heavy atom. The van der Waals surface area contributed by atoms with Crippen LogP contribution in [0.2, 0.25) is 0 Å². The lowest BCUT2D eigenvalue weighted by atomic mass is 9.98. The summed E-state index contributed by atoms with van der Waals surface area (Å²) in [6, 6.07) is 65.0. The summed E-state index contributed by atoms with van der Waals surface area (Å²) in [7, 11) is 0. The van der Waals surface area contributed by atoms with Crippen molar-refractivity contribution in [2.24, 2.45) is 0 Å². The van der Waals surface area contributed by atoms with E-state index in [1.54, 1.807) is 0 Å². The van der Waals surface area contributed by atoms with E-state index in [0.29, 0.717) is 25.7 Å². The topological polar surface area (TPSA) is 278 Å². The summed E-state index contributed by atoms with van der Waals surface area (Å²) in [5.41, 5.74) is 16.4. The molecule has 2 atom stereocenters. The summed E-state index contributed by atoms with van der Waals surface area (Å²) in [4.78, 5) is 109. The van der Waals surface area contributed by atoms with Gasteiger partial charge in [0.15, 0.2) is 0 Å². The number of fused-ring (bicyclic) bond motifs is 12. The highest BCUT2D eigenvalue weighted by Gasteiger charge is 2.35. The Balaban J connectivity index is 0.688. The number of carbonyl (C=O) groups excluding carboxylic acids is 7. The maximum absolute atomic E-state index is 14.7. The molecule has 13 rings (SSSR count). The fourth-order valence-electron chi connectivity index (χ4n) is 14.3. The van der Waals surface area contributed by atoms with Crippen LogP contribution in [-0.2, 0) is 33.3 Å². The second-order valence-corrected chi connectivity index (χ2v) is 25.4. The molecule has 512 valence electrons. The van der Waals surface area contributed by atoms with Crippen LogP contribution in [0.3, 0.4) is 0 Å². The van der Waals surface area contributed by atoms with E-state index in [0.717, 1.165) is 89.0 Å². The van der Waals surface area contributed by atoms with Gasteiger partial charge in [-0.2, -0.15) is 0 Å². The monoisotopic (exact) mass is 1350 g/mol. The molecule has 0 fully saturated rings. The number of rotatable bonds is 27. The van der Waals surface area contributed by atoms with Gasteiger partial charge in [0, 0.05) is 53.7 Å². The molecule has 0 unspecified atom stereocenters. The average molecular weight is 1350 g/mol. The summed E-state index contributed by atoms with van der Waals surface area (Å²) in [6.07, 6.45) is -1.62. The minimum Gasteiger partial charge on any atom is -0.480 e. The number of carboxylic acids is 1. The molecule has 9 aromatic rings. The van der Waals surface area contributed by atoms with Crippen LogP contribution in [0.5, 0.6) is 0 Å². The third-order valence-electron chi connectivity index (χ3n) is 19.1. The molecule has 0 aromatic heterocycles. The molecule has 20 nitrogen and oxygen atoms in total. The molecule has 4 aliphatic rings. The van der Waals surface area contributed by atoms with Crippen molar-refractivity contribution in [2.75, 3.05) is 56.7 Å². The van der Waals surface area contributed by atoms with Crippen LogP contribution in [0, 0.1) is 0 Å². The van der Waals surface area contributed by atoms with Gasteiger partial charge in [-0.1, -0.05) is 194 Å². The molecule has 20 heteroatoms. The van der Waals surface area contributed by atoms with Crippen molar-refractivity contribution in [2.45, 2.75) is 74.3 Å². The Morgan fingerprint density at radius 2 is 0.604 bits per heavy atom. The Kier molecular flexibility index (Phi) is 20.9. The van der Waals surface area contributed by atoms with Crippen LogP contribution in [0.25, 0.3) is 44.5 Å². The number of nitrogens with one attached hydrogen (secondary N) is 7. The number of aliphatic carboxylic acids is 1. The minimum absolute atomic E-state index is 0.0369. The number of unbranched alkanes of at least 4 members (excludes halogenated alkanes) is 2. The number of alkyl carbamates (subject to hydrolysis) is 4. The van der Waals surface area contributed by atoms with Crippen molar-refractivity contribution < 1.29 is 62.4 Å². The second-order valence-electron chi connectivity index (χ2n) is 25.4.